The third-order valence-corrected chi connectivity index (χ3v) is 10.5. The predicted octanol–water partition coefficient (Wildman–Crippen LogP) is 9.69. The quantitative estimate of drug-likeness (QED) is 0.0843. The van der Waals surface area contributed by atoms with Crippen molar-refractivity contribution in [1.82, 2.24) is 15.5 Å². The second kappa shape index (κ2) is 18.9. The first-order valence-corrected chi connectivity index (χ1v) is 19.4. The van der Waals surface area contributed by atoms with E-state index in [-0.39, 0.29) is 41.0 Å². The summed E-state index contributed by atoms with van der Waals surface area (Å²) in [6, 6.07) is 31.0. The van der Waals surface area contributed by atoms with Gasteiger partial charge in [-0.15, -0.1) is 0 Å². The van der Waals surface area contributed by atoms with Gasteiger partial charge in [0, 0.05) is 41.1 Å². The fourth-order valence-corrected chi connectivity index (χ4v) is 7.57. The Morgan fingerprint density at radius 3 is 1.68 bits per heavy atom. The number of hydrogen-bond donors (Lipinski definition) is 5. The smallest absolute Gasteiger partial charge is 0.366 e. The first kappa shape index (κ1) is 43.5. The lowest BCUT2D eigenvalue weighted by atomic mass is 9.96. The van der Waals surface area contributed by atoms with Gasteiger partial charge < -0.3 is 27.0 Å². The molecule has 5 aromatic carbocycles. The second-order valence-electron chi connectivity index (χ2n) is 14.5. The third kappa shape index (κ3) is 11.6. The van der Waals surface area contributed by atoms with Gasteiger partial charge in [0.25, 0.3) is 11.8 Å². The highest BCUT2D eigenvalue weighted by atomic mass is 35.5. The molecule has 0 aliphatic carbocycles. The zero-order chi connectivity index (χ0) is 43.0. The Morgan fingerprint density at radius 2 is 1.17 bits per heavy atom. The molecule has 7 rings (SSSR count). The Hall–Kier alpha value is -6.06. The lowest BCUT2D eigenvalue weighted by Crippen LogP contribution is -2.51. The number of anilines is 4. The SMILES string of the molecule is NC(=O)c1ccccc1Nc1cccc(C(F)(F)F)c1.O=C(CNC(=O)c1ccccc1Nc1cccc(C(F)(F)F)c1)NC1C[C@H]2CC[C@@H](C1)N2Cc1ccc(Cl)cc1. The average Bonchev–Trinajstić information content (AvgIpc) is 3.43. The number of benzene rings is 5. The summed E-state index contributed by atoms with van der Waals surface area (Å²) >= 11 is 6.01. The fourth-order valence-electron chi connectivity index (χ4n) is 7.44. The number of piperidine rings is 1. The first-order chi connectivity index (χ1) is 28.5. The Labute approximate surface area is 347 Å². The van der Waals surface area contributed by atoms with Crippen molar-refractivity contribution in [1.29, 1.82) is 0 Å². The van der Waals surface area contributed by atoms with Crippen LogP contribution in [0.1, 0.15) is 63.1 Å². The number of carbonyl (C=O) groups is 3. The number of rotatable bonds is 11. The van der Waals surface area contributed by atoms with Gasteiger partial charge in [0.15, 0.2) is 0 Å². The number of hydrogen-bond acceptors (Lipinski definition) is 6. The van der Waals surface area contributed by atoms with Crippen molar-refractivity contribution in [2.24, 2.45) is 5.73 Å². The van der Waals surface area contributed by atoms with Crippen molar-refractivity contribution >= 4 is 52.1 Å². The molecule has 3 amide bonds. The number of alkyl halides is 6. The second-order valence-corrected chi connectivity index (χ2v) is 14.9. The molecule has 314 valence electrons. The molecule has 0 spiro atoms. The molecule has 3 atom stereocenters. The monoisotopic (exact) mass is 850 g/mol. The van der Waals surface area contributed by atoms with E-state index in [1.165, 1.54) is 35.9 Å². The van der Waals surface area contributed by atoms with E-state index in [4.69, 9.17) is 17.3 Å². The van der Waals surface area contributed by atoms with Gasteiger partial charge in [0.2, 0.25) is 5.91 Å². The number of halogens is 7. The van der Waals surface area contributed by atoms with Crippen LogP contribution in [-0.2, 0) is 23.7 Å². The van der Waals surface area contributed by atoms with Crippen molar-refractivity contribution < 1.29 is 40.7 Å². The van der Waals surface area contributed by atoms with E-state index in [2.05, 4.69) is 26.2 Å². The van der Waals surface area contributed by atoms with Crippen molar-refractivity contribution in [2.45, 2.75) is 62.7 Å². The maximum atomic E-state index is 13.1. The van der Waals surface area contributed by atoms with E-state index in [1.807, 2.05) is 24.3 Å². The van der Waals surface area contributed by atoms with Crippen LogP contribution in [-0.4, -0.2) is 47.3 Å². The number of nitrogens with one attached hydrogen (secondary N) is 4. The van der Waals surface area contributed by atoms with Gasteiger partial charge in [-0.3, -0.25) is 19.3 Å². The minimum atomic E-state index is -4.48. The zero-order valence-corrected chi connectivity index (χ0v) is 32.7. The van der Waals surface area contributed by atoms with Crippen LogP contribution in [0.15, 0.2) is 121 Å². The van der Waals surface area contributed by atoms with E-state index in [0.29, 0.717) is 23.5 Å². The van der Waals surface area contributed by atoms with Crippen LogP contribution in [0.3, 0.4) is 0 Å². The van der Waals surface area contributed by atoms with Crippen LogP contribution in [0.2, 0.25) is 5.02 Å². The van der Waals surface area contributed by atoms with Gasteiger partial charge in [-0.1, -0.05) is 60.1 Å². The van der Waals surface area contributed by atoms with Crippen LogP contribution in [0.5, 0.6) is 0 Å². The number of fused-ring (bicyclic) bond motifs is 2. The largest absolute Gasteiger partial charge is 0.416 e. The number of carbonyl (C=O) groups excluding carboxylic acids is 3. The van der Waals surface area contributed by atoms with Crippen molar-refractivity contribution in [3.63, 3.8) is 0 Å². The summed E-state index contributed by atoms with van der Waals surface area (Å²) < 4.78 is 77.1. The van der Waals surface area contributed by atoms with Crippen molar-refractivity contribution in [3.05, 3.63) is 154 Å². The molecule has 2 bridgehead atoms. The minimum Gasteiger partial charge on any atom is -0.366 e. The standard InChI is InChI=1S/C30H30ClF3N4O2.C14H11F3N2O/c31-21-10-8-19(9-11-21)18-38-24-12-13-25(38)16-23(15-24)37-28(39)17-35-29(40)26-6-1-2-7-27(26)36-22-5-3-4-20(14-22)30(32,33)34;15-14(16,17)9-4-3-5-10(8-9)19-12-7-2-1-6-11(12)13(18)20/h1-11,14,23-25,36H,12-13,15-18H2,(H,35,40)(H,37,39);1-8,19H,(H2,18,20)/t23?,24-,25+;. The summed E-state index contributed by atoms with van der Waals surface area (Å²) in [5, 5.41) is 12.1. The van der Waals surface area contributed by atoms with Gasteiger partial charge in [0.1, 0.15) is 0 Å². The molecule has 0 radical (unpaired) electrons. The maximum absolute atomic E-state index is 13.1. The summed E-state index contributed by atoms with van der Waals surface area (Å²) in [4.78, 5) is 39.4. The van der Waals surface area contributed by atoms with Gasteiger partial charge in [0.05, 0.1) is 40.2 Å². The Balaban J connectivity index is 0.000000253. The highest BCUT2D eigenvalue weighted by Crippen LogP contribution is 2.37. The number of nitrogens with two attached hydrogens (primary N) is 1. The van der Waals surface area contributed by atoms with Gasteiger partial charge in [-0.25, -0.2) is 0 Å². The normalized spacial score (nSPS) is 17.5. The predicted molar refractivity (Wildman–Crippen MR) is 218 cm³/mol. The average molecular weight is 851 g/mol. The lowest BCUT2D eigenvalue weighted by Gasteiger charge is -2.39. The lowest BCUT2D eigenvalue weighted by molar-refractivity contribution is -0.138. The first-order valence-electron chi connectivity index (χ1n) is 19.0. The Bertz CT molecular complexity index is 2290. The van der Waals surface area contributed by atoms with Crippen LogP contribution in [0.25, 0.3) is 0 Å². The molecule has 0 aromatic heterocycles. The summed E-state index contributed by atoms with van der Waals surface area (Å²) in [6.45, 7) is 0.661. The highest BCUT2D eigenvalue weighted by Gasteiger charge is 2.41. The van der Waals surface area contributed by atoms with E-state index >= 15 is 0 Å². The molecule has 2 heterocycles. The molecular formula is C44H41ClF6N6O3. The van der Waals surface area contributed by atoms with Crippen LogP contribution >= 0.6 is 11.6 Å². The molecule has 6 N–H and O–H groups in total. The van der Waals surface area contributed by atoms with Gasteiger partial charge >= 0.3 is 12.4 Å². The molecule has 2 aliphatic heterocycles. The molecule has 16 heteroatoms. The van der Waals surface area contributed by atoms with Crippen molar-refractivity contribution in [3.8, 4) is 0 Å². The maximum Gasteiger partial charge on any atom is 0.416 e. The molecule has 5 aromatic rings. The van der Waals surface area contributed by atoms with Gasteiger partial charge in [-0.05, 0) is 104 Å². The Kier molecular flexibility index (Phi) is 13.7. The van der Waals surface area contributed by atoms with E-state index in [9.17, 15) is 40.7 Å². The Morgan fingerprint density at radius 1 is 0.667 bits per heavy atom. The zero-order valence-electron chi connectivity index (χ0n) is 31.9. The molecule has 2 saturated heterocycles. The topological polar surface area (TPSA) is 129 Å². The number of primary amides is 1. The fraction of sp³-hybridized carbons (Fsp3) is 0.250. The summed E-state index contributed by atoms with van der Waals surface area (Å²) in [6.07, 6.45) is -5.00. The highest BCUT2D eigenvalue weighted by molar-refractivity contribution is 6.30. The molecule has 60 heavy (non-hydrogen) atoms. The molecular weight excluding hydrogens is 810 g/mol. The van der Waals surface area contributed by atoms with Crippen LogP contribution < -0.4 is 27.0 Å². The molecule has 2 aliphatic rings. The van der Waals surface area contributed by atoms with Gasteiger partial charge in [-0.2, -0.15) is 26.3 Å². The van der Waals surface area contributed by atoms with Crippen LogP contribution in [0.4, 0.5) is 49.1 Å². The molecule has 0 saturated carbocycles. The van der Waals surface area contributed by atoms with E-state index in [1.54, 1.807) is 42.5 Å². The minimum absolute atomic E-state index is 0.0400. The van der Waals surface area contributed by atoms with E-state index in [0.717, 1.165) is 61.5 Å². The molecule has 9 nitrogen and oxygen atoms in total. The van der Waals surface area contributed by atoms with Crippen LogP contribution in [0, 0.1) is 0 Å². The summed E-state index contributed by atoms with van der Waals surface area (Å²) in [5.41, 5.74) is 6.43. The number of nitrogens with zero attached hydrogens (tertiary/aromatic N) is 1. The summed E-state index contributed by atoms with van der Waals surface area (Å²) in [5.74, 6) is -1.42. The number of amides is 3. The van der Waals surface area contributed by atoms with E-state index < -0.39 is 35.3 Å². The summed E-state index contributed by atoms with van der Waals surface area (Å²) in [7, 11) is 0. The molecule has 1 unspecified atom stereocenters. The molecule has 2 fully saturated rings. The number of para-hydroxylation sites is 2. The third-order valence-electron chi connectivity index (χ3n) is 10.2. The van der Waals surface area contributed by atoms with Crippen molar-refractivity contribution in [2.75, 3.05) is 17.2 Å².